The minimum absolute atomic E-state index is 0.0656. The Bertz CT molecular complexity index is 1360. The number of rotatable bonds is 6. The first-order valence-corrected chi connectivity index (χ1v) is 12.5. The molecule has 2 aliphatic rings. The zero-order valence-electron chi connectivity index (χ0n) is 20.3. The van der Waals surface area contributed by atoms with Crippen LogP contribution in [0, 0.1) is 11.6 Å². The average Bonchev–Trinajstić information content (AvgIpc) is 3.35. The number of benzene rings is 1. The van der Waals surface area contributed by atoms with Crippen molar-refractivity contribution < 1.29 is 13.5 Å². The number of nitrogens with zero attached hydrogens (tertiary/aromatic N) is 6. The van der Waals surface area contributed by atoms with Gasteiger partial charge in [0.05, 0.1) is 30.8 Å². The minimum atomic E-state index is -0.577. The summed E-state index contributed by atoms with van der Waals surface area (Å²) in [6.45, 7) is 6.40. The number of aromatic nitrogens is 4. The van der Waals surface area contributed by atoms with Crippen molar-refractivity contribution in [3.63, 3.8) is 0 Å². The SMILES string of the molecule is Fc1cc(-n2ccc3cnc(Nc4ccc(N5CCNCC5)nc4)nc32)cc(F)c1CN1CCOCC1. The van der Waals surface area contributed by atoms with E-state index < -0.39 is 11.6 Å². The van der Waals surface area contributed by atoms with Crippen LogP contribution in [0.4, 0.5) is 26.2 Å². The third-order valence-electron chi connectivity index (χ3n) is 6.76. The molecular weight excluding hydrogens is 478 g/mol. The lowest BCUT2D eigenvalue weighted by atomic mass is 10.1. The van der Waals surface area contributed by atoms with Crippen LogP contribution < -0.4 is 15.5 Å². The van der Waals surface area contributed by atoms with E-state index in [1.807, 2.05) is 23.1 Å². The zero-order chi connectivity index (χ0) is 25.2. The van der Waals surface area contributed by atoms with Crippen molar-refractivity contribution in [3.8, 4) is 5.69 Å². The van der Waals surface area contributed by atoms with Gasteiger partial charge in [-0.15, -0.1) is 0 Å². The first-order valence-electron chi connectivity index (χ1n) is 12.5. The van der Waals surface area contributed by atoms with Gasteiger partial charge in [0, 0.05) is 69.2 Å². The lowest BCUT2D eigenvalue weighted by molar-refractivity contribution is 0.0332. The van der Waals surface area contributed by atoms with Gasteiger partial charge in [0.2, 0.25) is 5.95 Å². The van der Waals surface area contributed by atoms with Crippen LogP contribution in [0.3, 0.4) is 0 Å². The van der Waals surface area contributed by atoms with Gasteiger partial charge < -0.3 is 24.8 Å². The molecule has 0 unspecified atom stereocenters. The number of nitrogens with one attached hydrogen (secondary N) is 2. The van der Waals surface area contributed by atoms with E-state index in [4.69, 9.17) is 4.74 Å². The zero-order valence-corrected chi connectivity index (χ0v) is 20.3. The van der Waals surface area contributed by atoms with E-state index in [9.17, 15) is 0 Å². The Kier molecular flexibility index (Phi) is 6.64. The second kappa shape index (κ2) is 10.4. The van der Waals surface area contributed by atoms with Crippen molar-refractivity contribution in [2.45, 2.75) is 6.54 Å². The van der Waals surface area contributed by atoms with Crippen LogP contribution >= 0.6 is 0 Å². The third kappa shape index (κ3) is 5.10. The second-order valence-electron chi connectivity index (χ2n) is 9.20. The number of morpholine rings is 1. The van der Waals surface area contributed by atoms with E-state index >= 15 is 8.78 Å². The van der Waals surface area contributed by atoms with Crippen molar-refractivity contribution in [2.75, 3.05) is 62.7 Å². The Morgan fingerprint density at radius 1 is 0.946 bits per heavy atom. The van der Waals surface area contributed by atoms with Crippen LogP contribution in [0.25, 0.3) is 16.7 Å². The van der Waals surface area contributed by atoms with Gasteiger partial charge in [-0.25, -0.2) is 18.7 Å². The molecule has 6 rings (SSSR count). The molecule has 4 aromatic rings. The topological polar surface area (TPSA) is 83.4 Å². The number of hydrogen-bond donors (Lipinski definition) is 2. The molecule has 2 aliphatic heterocycles. The van der Waals surface area contributed by atoms with Crippen LogP contribution in [-0.2, 0) is 11.3 Å². The van der Waals surface area contributed by atoms with Crippen molar-refractivity contribution in [1.82, 2.24) is 29.7 Å². The Labute approximate surface area is 213 Å². The quantitative estimate of drug-likeness (QED) is 0.413. The van der Waals surface area contributed by atoms with E-state index in [1.54, 1.807) is 23.2 Å². The maximum absolute atomic E-state index is 15.0. The van der Waals surface area contributed by atoms with Crippen molar-refractivity contribution in [1.29, 1.82) is 0 Å². The fourth-order valence-corrected chi connectivity index (χ4v) is 4.72. The van der Waals surface area contributed by atoms with Crippen molar-refractivity contribution in [3.05, 3.63) is 66.1 Å². The predicted molar refractivity (Wildman–Crippen MR) is 137 cm³/mol. The van der Waals surface area contributed by atoms with Gasteiger partial charge in [-0.05, 0) is 30.3 Å². The number of piperazine rings is 1. The molecule has 1 aromatic carbocycles. The Hall–Kier alpha value is -3.67. The second-order valence-corrected chi connectivity index (χ2v) is 9.20. The van der Waals surface area contributed by atoms with E-state index in [0.29, 0.717) is 43.6 Å². The number of ether oxygens (including phenoxy) is 1. The van der Waals surface area contributed by atoms with E-state index in [0.717, 1.165) is 43.1 Å². The fraction of sp³-hybridized carbons (Fsp3) is 0.346. The lowest BCUT2D eigenvalue weighted by Crippen LogP contribution is -2.43. The van der Waals surface area contributed by atoms with Gasteiger partial charge >= 0.3 is 0 Å². The first kappa shape index (κ1) is 23.7. The molecule has 0 saturated carbocycles. The highest BCUT2D eigenvalue weighted by molar-refractivity contribution is 5.78. The maximum Gasteiger partial charge on any atom is 0.229 e. The molecule has 192 valence electrons. The molecule has 0 spiro atoms. The molecule has 0 radical (unpaired) electrons. The van der Waals surface area contributed by atoms with Crippen LogP contribution in [0.5, 0.6) is 0 Å². The molecule has 5 heterocycles. The number of anilines is 3. The summed E-state index contributed by atoms with van der Waals surface area (Å²) in [4.78, 5) is 17.8. The van der Waals surface area contributed by atoms with Crippen LogP contribution in [0.1, 0.15) is 5.56 Å². The normalized spacial score (nSPS) is 16.9. The highest BCUT2D eigenvalue weighted by Crippen LogP contribution is 2.25. The van der Waals surface area contributed by atoms with Gasteiger partial charge in [0.1, 0.15) is 23.1 Å². The number of hydrogen-bond acceptors (Lipinski definition) is 8. The summed E-state index contributed by atoms with van der Waals surface area (Å²) in [6.07, 6.45) is 5.17. The monoisotopic (exact) mass is 506 g/mol. The largest absolute Gasteiger partial charge is 0.379 e. The molecule has 0 bridgehead atoms. The molecular formula is C26H28F2N8O. The summed E-state index contributed by atoms with van der Waals surface area (Å²) in [7, 11) is 0. The molecule has 2 saturated heterocycles. The number of pyridine rings is 1. The standard InChI is InChI=1S/C26H28F2N8O/c27-22-13-20(14-23(28)21(22)17-34-9-11-37-12-10-34)36-6-3-18-15-31-26(33-25(18)36)32-19-1-2-24(30-16-19)35-7-4-29-5-8-35/h1-3,6,13-16,29H,4-5,7-12,17H2,(H,31,32,33). The summed E-state index contributed by atoms with van der Waals surface area (Å²) in [5.41, 5.74) is 1.72. The Morgan fingerprint density at radius 2 is 1.73 bits per heavy atom. The fourth-order valence-electron chi connectivity index (χ4n) is 4.72. The summed E-state index contributed by atoms with van der Waals surface area (Å²) in [6, 6.07) is 8.44. The summed E-state index contributed by atoms with van der Waals surface area (Å²) in [5.74, 6) is 0.144. The molecule has 0 atom stereocenters. The summed E-state index contributed by atoms with van der Waals surface area (Å²) < 4.78 is 37.0. The summed E-state index contributed by atoms with van der Waals surface area (Å²) >= 11 is 0. The van der Waals surface area contributed by atoms with Crippen molar-refractivity contribution >= 4 is 28.5 Å². The molecule has 9 nitrogen and oxygen atoms in total. The van der Waals surface area contributed by atoms with Gasteiger partial charge in [-0.1, -0.05) is 0 Å². The minimum Gasteiger partial charge on any atom is -0.379 e. The molecule has 2 fully saturated rings. The van der Waals surface area contributed by atoms with Crippen LogP contribution in [0.2, 0.25) is 0 Å². The maximum atomic E-state index is 15.0. The molecule has 11 heteroatoms. The van der Waals surface area contributed by atoms with Gasteiger partial charge in [0.25, 0.3) is 0 Å². The third-order valence-corrected chi connectivity index (χ3v) is 6.76. The molecule has 0 amide bonds. The smallest absolute Gasteiger partial charge is 0.229 e. The number of fused-ring (bicyclic) bond motifs is 1. The molecule has 0 aliphatic carbocycles. The Morgan fingerprint density at radius 3 is 2.46 bits per heavy atom. The average molecular weight is 507 g/mol. The van der Waals surface area contributed by atoms with Gasteiger partial charge in [0.15, 0.2) is 0 Å². The van der Waals surface area contributed by atoms with E-state index in [2.05, 4.69) is 30.5 Å². The van der Waals surface area contributed by atoms with E-state index in [-0.39, 0.29) is 12.1 Å². The van der Waals surface area contributed by atoms with Gasteiger partial charge in [-0.3, -0.25) is 4.90 Å². The predicted octanol–water partition coefficient (Wildman–Crippen LogP) is 3.08. The lowest BCUT2D eigenvalue weighted by Gasteiger charge is -2.28. The van der Waals surface area contributed by atoms with Crippen molar-refractivity contribution in [2.24, 2.45) is 0 Å². The highest BCUT2D eigenvalue weighted by atomic mass is 19.1. The van der Waals surface area contributed by atoms with E-state index in [1.165, 1.54) is 12.1 Å². The first-order chi connectivity index (χ1) is 18.1. The Balaban J connectivity index is 1.23. The molecule has 2 N–H and O–H groups in total. The van der Waals surface area contributed by atoms with Gasteiger partial charge in [-0.2, -0.15) is 4.98 Å². The van der Waals surface area contributed by atoms with Crippen LogP contribution in [-0.4, -0.2) is 76.9 Å². The van der Waals surface area contributed by atoms with Crippen LogP contribution in [0.15, 0.2) is 48.9 Å². The molecule has 3 aromatic heterocycles. The highest BCUT2D eigenvalue weighted by Gasteiger charge is 2.19. The number of halogens is 2. The molecule has 37 heavy (non-hydrogen) atoms. The summed E-state index contributed by atoms with van der Waals surface area (Å²) in [5, 5.41) is 7.27.